The zero-order valence-electron chi connectivity index (χ0n) is 18.8. The highest BCUT2D eigenvalue weighted by atomic mass is 32.2. The molecule has 176 valence electrons. The van der Waals surface area contributed by atoms with Crippen molar-refractivity contribution in [2.75, 3.05) is 25.3 Å². The Morgan fingerprint density at radius 1 is 1.00 bits per heavy atom. The standard InChI is InChI=1S/C24H24N4O5S/c1-30-20-11-17(12-21(13-20)31-2)25-23(29)16-34-24-27-26-22(15-33-18-7-4-3-5-8-18)28(24)14-19-9-6-10-32-19/h3-13H,14-16H2,1-2H3,(H,25,29). The summed E-state index contributed by atoms with van der Waals surface area (Å²) in [6.07, 6.45) is 1.61. The molecule has 0 spiro atoms. The van der Waals surface area contributed by atoms with Gasteiger partial charge in [0.05, 0.1) is 32.8 Å². The molecule has 4 aromatic rings. The average molecular weight is 481 g/mol. The third-order valence-corrected chi connectivity index (χ3v) is 5.73. The Labute approximate surface area is 201 Å². The van der Waals surface area contributed by atoms with E-state index < -0.39 is 0 Å². The van der Waals surface area contributed by atoms with Crippen LogP contribution in [0.25, 0.3) is 0 Å². The molecule has 0 bridgehead atoms. The number of carbonyl (C=O) groups is 1. The lowest BCUT2D eigenvalue weighted by atomic mass is 10.2. The largest absolute Gasteiger partial charge is 0.497 e. The number of amides is 1. The molecule has 0 aliphatic heterocycles. The molecular formula is C24H24N4O5S. The van der Waals surface area contributed by atoms with Gasteiger partial charge in [-0.1, -0.05) is 30.0 Å². The van der Waals surface area contributed by atoms with E-state index in [-0.39, 0.29) is 18.3 Å². The van der Waals surface area contributed by atoms with Gasteiger partial charge in [0.15, 0.2) is 11.0 Å². The van der Waals surface area contributed by atoms with E-state index in [1.54, 1.807) is 38.7 Å². The highest BCUT2D eigenvalue weighted by Crippen LogP contribution is 2.26. The van der Waals surface area contributed by atoms with Crippen molar-refractivity contribution in [2.45, 2.75) is 18.3 Å². The molecule has 1 amide bonds. The van der Waals surface area contributed by atoms with E-state index in [0.29, 0.717) is 34.7 Å². The number of para-hydroxylation sites is 1. The summed E-state index contributed by atoms with van der Waals surface area (Å²) in [5.74, 6) is 3.21. The van der Waals surface area contributed by atoms with Gasteiger partial charge in [-0.3, -0.25) is 9.36 Å². The van der Waals surface area contributed by atoms with Gasteiger partial charge in [0.1, 0.15) is 29.6 Å². The minimum absolute atomic E-state index is 0.134. The summed E-state index contributed by atoms with van der Waals surface area (Å²) in [6, 6.07) is 18.4. The summed E-state index contributed by atoms with van der Waals surface area (Å²) >= 11 is 1.28. The molecule has 0 fully saturated rings. The molecule has 2 heterocycles. The molecule has 0 unspecified atom stereocenters. The van der Waals surface area contributed by atoms with Gasteiger partial charge in [-0.2, -0.15) is 0 Å². The van der Waals surface area contributed by atoms with Crippen LogP contribution in [0.4, 0.5) is 5.69 Å². The zero-order valence-corrected chi connectivity index (χ0v) is 19.6. The molecule has 9 nitrogen and oxygen atoms in total. The third-order valence-electron chi connectivity index (χ3n) is 4.77. The van der Waals surface area contributed by atoms with Gasteiger partial charge in [0.2, 0.25) is 5.91 Å². The van der Waals surface area contributed by atoms with Gasteiger partial charge in [0.25, 0.3) is 0 Å². The number of methoxy groups -OCH3 is 2. The summed E-state index contributed by atoms with van der Waals surface area (Å²) in [6.45, 7) is 0.651. The number of furan rings is 1. The average Bonchev–Trinajstić information content (AvgIpc) is 3.52. The van der Waals surface area contributed by atoms with Gasteiger partial charge in [0, 0.05) is 23.9 Å². The number of ether oxygens (including phenoxy) is 3. The second-order valence-corrected chi connectivity index (χ2v) is 8.05. The molecule has 34 heavy (non-hydrogen) atoms. The SMILES string of the molecule is COc1cc(NC(=O)CSc2nnc(COc3ccccc3)n2Cc2ccco2)cc(OC)c1. The van der Waals surface area contributed by atoms with Crippen molar-refractivity contribution in [3.8, 4) is 17.2 Å². The first kappa shape index (κ1) is 23.2. The maximum absolute atomic E-state index is 12.6. The molecular weight excluding hydrogens is 456 g/mol. The Kier molecular flexibility index (Phi) is 7.71. The van der Waals surface area contributed by atoms with Crippen LogP contribution in [0.2, 0.25) is 0 Å². The van der Waals surface area contributed by atoms with Crippen LogP contribution in [-0.2, 0) is 17.9 Å². The van der Waals surface area contributed by atoms with Crippen LogP contribution in [0.15, 0.2) is 76.5 Å². The number of rotatable bonds is 11. The number of nitrogens with zero attached hydrogens (tertiary/aromatic N) is 3. The molecule has 0 aliphatic rings. The topological polar surface area (TPSA) is 101 Å². The Balaban J connectivity index is 1.44. The van der Waals surface area contributed by atoms with Crippen molar-refractivity contribution < 1.29 is 23.4 Å². The molecule has 0 atom stereocenters. The van der Waals surface area contributed by atoms with Crippen molar-refractivity contribution in [3.63, 3.8) is 0 Å². The summed E-state index contributed by atoms with van der Waals surface area (Å²) in [4.78, 5) is 12.6. The van der Waals surface area contributed by atoms with Gasteiger partial charge in [-0.05, 0) is 24.3 Å². The highest BCUT2D eigenvalue weighted by molar-refractivity contribution is 7.99. The van der Waals surface area contributed by atoms with Crippen LogP contribution >= 0.6 is 11.8 Å². The van der Waals surface area contributed by atoms with Crippen LogP contribution in [0.5, 0.6) is 17.2 Å². The van der Waals surface area contributed by atoms with E-state index in [9.17, 15) is 4.79 Å². The predicted molar refractivity (Wildman–Crippen MR) is 128 cm³/mol. The number of hydrogen-bond donors (Lipinski definition) is 1. The van der Waals surface area contributed by atoms with Gasteiger partial charge in [-0.25, -0.2) is 0 Å². The third kappa shape index (κ3) is 6.10. The number of thioether (sulfide) groups is 1. The molecule has 2 aromatic carbocycles. The monoisotopic (exact) mass is 480 g/mol. The Morgan fingerprint density at radius 2 is 1.76 bits per heavy atom. The number of benzene rings is 2. The van der Waals surface area contributed by atoms with Crippen molar-refractivity contribution in [1.29, 1.82) is 0 Å². The van der Waals surface area contributed by atoms with Crippen molar-refractivity contribution in [1.82, 2.24) is 14.8 Å². The van der Waals surface area contributed by atoms with Crippen LogP contribution in [0, 0.1) is 0 Å². The predicted octanol–water partition coefficient (Wildman–Crippen LogP) is 4.25. The lowest BCUT2D eigenvalue weighted by Gasteiger charge is -2.11. The lowest BCUT2D eigenvalue weighted by molar-refractivity contribution is -0.113. The first-order valence-corrected chi connectivity index (χ1v) is 11.4. The normalized spacial score (nSPS) is 10.6. The highest BCUT2D eigenvalue weighted by Gasteiger charge is 2.17. The molecule has 4 rings (SSSR count). The summed E-state index contributed by atoms with van der Waals surface area (Å²) in [5.41, 5.74) is 0.579. The molecule has 0 radical (unpaired) electrons. The fourth-order valence-corrected chi connectivity index (χ4v) is 3.88. The molecule has 1 N–H and O–H groups in total. The van der Waals surface area contributed by atoms with E-state index in [1.807, 2.05) is 47.0 Å². The maximum Gasteiger partial charge on any atom is 0.234 e. The fraction of sp³-hybridized carbons (Fsp3) is 0.208. The minimum Gasteiger partial charge on any atom is -0.497 e. The van der Waals surface area contributed by atoms with E-state index in [0.717, 1.165) is 11.5 Å². The zero-order chi connectivity index (χ0) is 23.8. The number of nitrogens with one attached hydrogen (secondary N) is 1. The maximum atomic E-state index is 12.6. The quantitative estimate of drug-likeness (QED) is 0.318. The summed E-state index contributed by atoms with van der Waals surface area (Å²) < 4.78 is 23.7. The second kappa shape index (κ2) is 11.3. The smallest absolute Gasteiger partial charge is 0.234 e. The van der Waals surface area contributed by atoms with E-state index in [4.69, 9.17) is 18.6 Å². The van der Waals surface area contributed by atoms with E-state index >= 15 is 0 Å². The van der Waals surface area contributed by atoms with Crippen LogP contribution in [-0.4, -0.2) is 40.6 Å². The summed E-state index contributed by atoms with van der Waals surface area (Å²) in [5, 5.41) is 12.0. The van der Waals surface area contributed by atoms with Crippen molar-refractivity contribution >= 4 is 23.4 Å². The minimum atomic E-state index is -0.199. The van der Waals surface area contributed by atoms with Crippen LogP contribution < -0.4 is 19.5 Å². The van der Waals surface area contributed by atoms with Crippen LogP contribution in [0.1, 0.15) is 11.6 Å². The van der Waals surface area contributed by atoms with Crippen molar-refractivity contribution in [3.05, 3.63) is 78.5 Å². The summed E-state index contributed by atoms with van der Waals surface area (Å²) in [7, 11) is 3.11. The first-order valence-electron chi connectivity index (χ1n) is 10.4. The molecule has 2 aromatic heterocycles. The Bertz CT molecular complexity index is 1190. The van der Waals surface area contributed by atoms with E-state index in [1.165, 1.54) is 11.8 Å². The van der Waals surface area contributed by atoms with Gasteiger partial charge >= 0.3 is 0 Å². The number of hydrogen-bond acceptors (Lipinski definition) is 8. The second-order valence-electron chi connectivity index (χ2n) is 7.10. The van der Waals surface area contributed by atoms with Gasteiger partial charge in [-0.15, -0.1) is 10.2 Å². The molecule has 0 aliphatic carbocycles. The van der Waals surface area contributed by atoms with Gasteiger partial charge < -0.3 is 23.9 Å². The van der Waals surface area contributed by atoms with Crippen LogP contribution in [0.3, 0.4) is 0 Å². The first-order chi connectivity index (χ1) is 16.6. The van der Waals surface area contributed by atoms with E-state index in [2.05, 4.69) is 15.5 Å². The number of aromatic nitrogens is 3. The lowest BCUT2D eigenvalue weighted by Crippen LogP contribution is -2.15. The molecule has 10 heteroatoms. The Hall–Kier alpha value is -3.92. The molecule has 0 saturated carbocycles. The number of anilines is 1. The Morgan fingerprint density at radius 3 is 2.44 bits per heavy atom. The fourth-order valence-electron chi connectivity index (χ4n) is 3.12. The molecule has 0 saturated heterocycles. The number of carbonyl (C=O) groups excluding carboxylic acids is 1. The van der Waals surface area contributed by atoms with Crippen molar-refractivity contribution in [2.24, 2.45) is 0 Å².